The third kappa shape index (κ3) is 13.0. The molecule has 3 rings (SSSR count). The number of aromatic amines is 1. The van der Waals surface area contributed by atoms with Gasteiger partial charge in [-0.1, -0.05) is 0 Å². The second-order valence-electron chi connectivity index (χ2n) is 9.45. The largest absolute Gasteiger partial charge is 1.00 e. The molecule has 0 spiro atoms. The van der Waals surface area contributed by atoms with Gasteiger partial charge in [0.2, 0.25) is 5.91 Å². The molecule has 0 aliphatic carbocycles. The second-order valence-corrected chi connectivity index (χ2v) is 12.4. The smallest absolute Gasteiger partial charge is 0.756 e. The van der Waals surface area contributed by atoms with E-state index in [1.165, 1.54) is 0 Å². The number of aliphatic hydroxyl groups excluding tert-OH is 4. The number of aliphatic hydroxyl groups is 4. The molecule has 2 aliphatic heterocycles. The number of phosphoric ester groups is 2. The number of phosphoric acid groups is 2. The zero-order valence-corrected chi connectivity index (χ0v) is 33.4. The van der Waals surface area contributed by atoms with Crippen LogP contribution in [0.4, 0.5) is 0 Å². The number of nitrogens with one attached hydrogen (secondary N) is 2. The van der Waals surface area contributed by atoms with Crippen LogP contribution < -0.4 is 120 Å². The van der Waals surface area contributed by atoms with E-state index in [4.69, 9.17) is 14.2 Å². The van der Waals surface area contributed by atoms with Gasteiger partial charge in [0.25, 0.3) is 21.2 Å². The van der Waals surface area contributed by atoms with E-state index in [0.717, 1.165) is 26.1 Å². The van der Waals surface area contributed by atoms with Crippen molar-refractivity contribution in [1.82, 2.24) is 14.9 Å². The molecule has 2 fully saturated rings. The van der Waals surface area contributed by atoms with Crippen molar-refractivity contribution in [3.63, 3.8) is 0 Å². The molecule has 250 valence electrons. The molecular weight excluding hydrogens is 717 g/mol. The van der Waals surface area contributed by atoms with Gasteiger partial charge in [-0.05, 0) is 6.92 Å². The third-order valence-corrected chi connectivity index (χ3v) is 8.74. The number of nitrogens with zero attached hydrogens (tertiary/aromatic N) is 1. The van der Waals surface area contributed by atoms with Crippen LogP contribution in [-0.2, 0) is 46.3 Å². The number of amides is 1. The van der Waals surface area contributed by atoms with Crippen molar-refractivity contribution in [1.29, 1.82) is 0 Å². The Kier molecular flexibility index (Phi) is 20.3. The molecule has 0 saturated carbocycles. The number of rotatable bonds is 13. The van der Waals surface area contributed by atoms with E-state index < -0.39 is 113 Å². The third-order valence-electron chi connectivity index (χ3n) is 6.21. The van der Waals surface area contributed by atoms with Crippen LogP contribution in [0.5, 0.6) is 0 Å². The maximum atomic E-state index is 12.6. The molecule has 47 heavy (non-hydrogen) atoms. The van der Waals surface area contributed by atoms with Crippen LogP contribution in [0.15, 0.2) is 21.9 Å². The molecule has 3 heterocycles. The molecule has 1 aromatic rings. The van der Waals surface area contributed by atoms with Gasteiger partial charge in [-0.25, -0.2) is 9.11 Å². The van der Waals surface area contributed by atoms with Gasteiger partial charge in [0.05, 0.1) is 25.3 Å². The number of ether oxygens (including phenoxy) is 3. The van der Waals surface area contributed by atoms with E-state index in [1.54, 1.807) is 0 Å². The number of carboxylic acids is 1. The number of carbonyl (C=O) groups is 2. The molecule has 12 atom stereocenters. The minimum atomic E-state index is -6.07. The molecule has 6 N–H and O–H groups in total. The molecule has 1 aromatic heterocycles. The van der Waals surface area contributed by atoms with E-state index in [2.05, 4.69) is 18.7 Å². The van der Waals surface area contributed by atoms with Crippen LogP contribution in [0.1, 0.15) is 20.1 Å². The molecule has 0 bridgehead atoms. The summed E-state index contributed by atoms with van der Waals surface area (Å²) in [5.74, 6) is -2.66. The standard InChI is InChI=1S/C20H31N3O19P2.3Na/c1-7(18(30)31)38-16-12(21-8(2)25)19(40-9(5-24)14(16)28)41-44(35,36)42-43(33,34)37-6-10-13(27)15(29)17(39-10)23-4-3-11(26)22-20(23)32;;;/h3-4,7,9-10,12-17,19,24,27-29H,5-6H2,1-2H3,(H,21,25)(H,30,31)(H,33,34)(H,35,36)(H,22,26,32);;;/q;3*+1/p-3. The molecule has 12 unspecified atom stereocenters. The number of hydrogen-bond acceptors (Lipinski definition) is 19. The first-order valence-corrected chi connectivity index (χ1v) is 15.3. The van der Waals surface area contributed by atoms with E-state index in [9.17, 15) is 63.6 Å². The number of aliphatic carboxylic acids is 1. The quantitative estimate of drug-likeness (QED) is 0.0806. The Morgan fingerprint density at radius 1 is 1.06 bits per heavy atom. The van der Waals surface area contributed by atoms with Crippen LogP contribution >= 0.6 is 15.6 Å². The van der Waals surface area contributed by atoms with Crippen LogP contribution in [0.25, 0.3) is 0 Å². The van der Waals surface area contributed by atoms with Gasteiger partial charge in [0.15, 0.2) is 12.5 Å². The number of H-pyrrole nitrogens is 1. The van der Waals surface area contributed by atoms with Gasteiger partial charge >= 0.3 is 94.4 Å². The monoisotopic (exact) mass is 745 g/mol. The number of hydrogen-bond donors (Lipinski definition) is 6. The Morgan fingerprint density at radius 3 is 2.21 bits per heavy atom. The van der Waals surface area contributed by atoms with Crippen LogP contribution in [0, 0.1) is 0 Å². The Hall–Kier alpha value is 0.600. The minimum Gasteiger partial charge on any atom is -0.756 e. The molecule has 27 heteroatoms. The molecule has 1 amide bonds. The number of aromatic nitrogens is 2. The number of carbonyl (C=O) groups excluding carboxylic acids is 2. The minimum absolute atomic E-state index is 0. The van der Waals surface area contributed by atoms with Crippen molar-refractivity contribution in [3.8, 4) is 0 Å². The summed E-state index contributed by atoms with van der Waals surface area (Å²) >= 11 is 0. The van der Waals surface area contributed by atoms with E-state index in [1.807, 2.05) is 4.98 Å². The normalized spacial score (nSPS) is 31.9. The average molecular weight is 745 g/mol. The summed E-state index contributed by atoms with van der Waals surface area (Å²) in [6, 6.07) is -0.935. The second kappa shape index (κ2) is 20.0. The van der Waals surface area contributed by atoms with Gasteiger partial charge in [-0.3, -0.25) is 32.8 Å². The Bertz CT molecular complexity index is 1420. The van der Waals surface area contributed by atoms with Crippen molar-refractivity contribution < 1.29 is 170 Å². The van der Waals surface area contributed by atoms with Crippen LogP contribution in [0.2, 0.25) is 0 Å². The SMILES string of the molecule is CC(=O)NC1C(OP(=O)([O-])OP(=O)([O-])OCC2OC(n3ccc(=O)[nH]c3=O)C(O)C2O)OC(CO)C(O)C1OC(C)C(=O)[O-].[Na+].[Na+].[Na+]. The maximum absolute atomic E-state index is 12.6. The molecule has 0 radical (unpaired) electrons. The first-order valence-electron chi connectivity index (χ1n) is 12.4. The fourth-order valence-corrected chi connectivity index (χ4v) is 6.27. The summed E-state index contributed by atoms with van der Waals surface area (Å²) in [7, 11) is -12.0. The van der Waals surface area contributed by atoms with Crippen LogP contribution in [0.3, 0.4) is 0 Å². The van der Waals surface area contributed by atoms with Crippen LogP contribution in [-0.4, -0.2) is 110 Å². The van der Waals surface area contributed by atoms with Gasteiger partial charge in [-0.15, -0.1) is 0 Å². The van der Waals surface area contributed by atoms with Gasteiger partial charge in [0, 0.05) is 19.2 Å². The van der Waals surface area contributed by atoms with Gasteiger partial charge in [0.1, 0.15) is 42.7 Å². The van der Waals surface area contributed by atoms with Crippen molar-refractivity contribution in [2.45, 2.75) is 75.1 Å². The fraction of sp³-hybridized carbons (Fsp3) is 0.700. The first-order chi connectivity index (χ1) is 20.4. The summed E-state index contributed by atoms with van der Waals surface area (Å²) in [5, 5.41) is 53.7. The van der Waals surface area contributed by atoms with E-state index in [0.29, 0.717) is 4.57 Å². The van der Waals surface area contributed by atoms with Crippen molar-refractivity contribution in [2.24, 2.45) is 0 Å². The molecule has 22 nitrogen and oxygen atoms in total. The van der Waals surface area contributed by atoms with Gasteiger partial charge < -0.3 is 64.2 Å². The van der Waals surface area contributed by atoms with Crippen molar-refractivity contribution in [2.75, 3.05) is 13.2 Å². The Morgan fingerprint density at radius 2 is 1.68 bits per heavy atom. The predicted molar refractivity (Wildman–Crippen MR) is 129 cm³/mol. The van der Waals surface area contributed by atoms with Gasteiger partial charge in [-0.2, -0.15) is 0 Å². The van der Waals surface area contributed by atoms with Crippen molar-refractivity contribution >= 4 is 27.5 Å². The summed E-state index contributed by atoms with van der Waals surface area (Å²) < 4.78 is 54.2. The maximum Gasteiger partial charge on any atom is 1.00 e. The summed E-state index contributed by atoms with van der Waals surface area (Å²) in [6.45, 7) is -0.271. The zero-order chi connectivity index (χ0) is 33.1. The number of carboxylic acid groups (broad SMARTS) is 1. The van der Waals surface area contributed by atoms with Crippen molar-refractivity contribution in [3.05, 3.63) is 33.1 Å². The van der Waals surface area contributed by atoms with E-state index in [-0.39, 0.29) is 88.7 Å². The molecular formula is C20H28N3Na3O19P2. The average Bonchev–Trinajstić information content (AvgIpc) is 3.18. The summed E-state index contributed by atoms with van der Waals surface area (Å²) in [6.07, 6.45) is -15.5. The molecule has 0 aromatic carbocycles. The zero-order valence-electron chi connectivity index (χ0n) is 25.6. The van der Waals surface area contributed by atoms with E-state index >= 15 is 0 Å². The molecule has 2 aliphatic rings. The topological polar surface area (TPSA) is 341 Å². The Labute approximate surface area is 331 Å². The molecule has 2 saturated heterocycles. The predicted octanol–water partition coefficient (Wildman–Crippen LogP) is -15.7. The Balaban J connectivity index is 0.00000705. The summed E-state index contributed by atoms with van der Waals surface area (Å²) in [5.41, 5.74) is -1.83. The first kappa shape index (κ1) is 47.6. The fourth-order valence-electron chi connectivity index (χ4n) is 4.18. The summed E-state index contributed by atoms with van der Waals surface area (Å²) in [4.78, 5) is 72.9.